The second kappa shape index (κ2) is 6.96. The number of carbonyl (C=O) groups excluding carboxylic acids is 1. The lowest BCUT2D eigenvalue weighted by atomic mass is 9.97. The molecule has 4 rings (SSSR count). The topological polar surface area (TPSA) is 81.2 Å². The van der Waals surface area contributed by atoms with Gasteiger partial charge in [0.15, 0.2) is 5.76 Å². The summed E-state index contributed by atoms with van der Waals surface area (Å²) in [5.41, 5.74) is 4.84. The maximum absolute atomic E-state index is 13.3. The van der Waals surface area contributed by atoms with E-state index in [2.05, 4.69) is 29.3 Å². The fourth-order valence-corrected chi connectivity index (χ4v) is 3.35. The second-order valence-corrected chi connectivity index (χ2v) is 7.13. The van der Waals surface area contributed by atoms with Gasteiger partial charge in [0.1, 0.15) is 5.69 Å². The summed E-state index contributed by atoms with van der Waals surface area (Å²) in [5.74, 6) is 0.607. The van der Waals surface area contributed by atoms with Crippen molar-refractivity contribution in [3.8, 4) is 11.5 Å². The van der Waals surface area contributed by atoms with Crippen LogP contribution in [0.4, 0.5) is 5.69 Å². The maximum Gasteiger partial charge on any atom is 0.259 e. The van der Waals surface area contributed by atoms with Gasteiger partial charge in [0.2, 0.25) is 0 Å². The zero-order valence-electron chi connectivity index (χ0n) is 16.2. The molecule has 28 heavy (non-hydrogen) atoms. The monoisotopic (exact) mass is 375 g/mol. The number of benzene rings is 1. The summed E-state index contributed by atoms with van der Waals surface area (Å²) in [6, 6.07) is 11.3. The molecule has 0 radical (unpaired) electrons. The number of nitrogens with zero attached hydrogens (tertiary/aromatic N) is 2. The number of aromatic nitrogens is 2. The van der Waals surface area contributed by atoms with Crippen molar-refractivity contribution in [2.45, 2.75) is 33.6 Å². The van der Waals surface area contributed by atoms with Crippen LogP contribution in [0.1, 0.15) is 46.9 Å². The second-order valence-electron chi connectivity index (χ2n) is 7.13. The van der Waals surface area contributed by atoms with Crippen LogP contribution in [0.25, 0.3) is 22.6 Å². The molecule has 0 saturated carbocycles. The molecule has 0 spiro atoms. The minimum absolute atomic E-state index is 0.234. The molecule has 0 unspecified atom stereocenters. The van der Waals surface area contributed by atoms with E-state index in [-0.39, 0.29) is 11.8 Å². The van der Waals surface area contributed by atoms with Gasteiger partial charge in [0.05, 0.1) is 22.9 Å². The fraction of sp³-hybridized carbons (Fsp3) is 0.227. The Morgan fingerprint density at radius 1 is 1.14 bits per heavy atom. The molecular formula is C22H21N3O3. The standard InChI is InChI=1S/C22H21N3O3/c1-12(2)15-8-5-7-13(3)20(15)24-21(26)16-11-17(18-9-6-10-27-18)23-22-19(16)14(4)25-28-22/h5-12H,1-4H3,(H,24,26). The molecule has 6 nitrogen and oxygen atoms in total. The Kier molecular flexibility index (Phi) is 4.47. The van der Waals surface area contributed by atoms with Crippen molar-refractivity contribution in [3.05, 3.63) is 65.0 Å². The number of hydrogen-bond donors (Lipinski definition) is 1. The van der Waals surface area contributed by atoms with Crippen LogP contribution in [0.2, 0.25) is 0 Å². The SMILES string of the molecule is Cc1cccc(C(C)C)c1NC(=O)c1cc(-c2ccco2)nc2onc(C)c12. The lowest BCUT2D eigenvalue weighted by molar-refractivity contribution is 0.102. The third-order valence-corrected chi connectivity index (χ3v) is 4.80. The molecule has 0 aliphatic heterocycles. The van der Waals surface area contributed by atoms with E-state index < -0.39 is 0 Å². The van der Waals surface area contributed by atoms with Crippen molar-refractivity contribution in [1.82, 2.24) is 10.1 Å². The number of fused-ring (bicyclic) bond motifs is 1. The summed E-state index contributed by atoms with van der Waals surface area (Å²) < 4.78 is 10.8. The number of furan rings is 1. The number of aryl methyl sites for hydroxylation is 2. The molecule has 0 bridgehead atoms. The summed E-state index contributed by atoms with van der Waals surface area (Å²) in [7, 11) is 0. The van der Waals surface area contributed by atoms with Gasteiger partial charge in [-0.25, -0.2) is 4.98 Å². The van der Waals surface area contributed by atoms with Gasteiger partial charge >= 0.3 is 0 Å². The van der Waals surface area contributed by atoms with Gasteiger partial charge in [0.25, 0.3) is 11.6 Å². The molecule has 6 heteroatoms. The molecular weight excluding hydrogens is 354 g/mol. The third kappa shape index (κ3) is 3.07. The van der Waals surface area contributed by atoms with Crippen LogP contribution in [0.15, 0.2) is 51.6 Å². The Morgan fingerprint density at radius 2 is 1.96 bits per heavy atom. The lowest BCUT2D eigenvalue weighted by Gasteiger charge is -2.17. The first-order chi connectivity index (χ1) is 13.5. The van der Waals surface area contributed by atoms with Gasteiger partial charge in [0, 0.05) is 5.69 Å². The smallest absolute Gasteiger partial charge is 0.259 e. The summed E-state index contributed by atoms with van der Waals surface area (Å²) in [5, 5.41) is 7.68. The number of pyridine rings is 1. The van der Waals surface area contributed by atoms with E-state index in [1.807, 2.05) is 25.1 Å². The number of anilines is 1. The Bertz CT molecular complexity index is 1160. The highest BCUT2D eigenvalue weighted by Gasteiger charge is 2.21. The molecule has 1 amide bonds. The van der Waals surface area contributed by atoms with Crippen molar-refractivity contribution < 1.29 is 13.7 Å². The maximum atomic E-state index is 13.3. The van der Waals surface area contributed by atoms with Crippen LogP contribution in [0.3, 0.4) is 0 Å². The highest BCUT2D eigenvalue weighted by molar-refractivity contribution is 6.13. The van der Waals surface area contributed by atoms with E-state index >= 15 is 0 Å². The van der Waals surface area contributed by atoms with Crippen molar-refractivity contribution in [1.29, 1.82) is 0 Å². The molecule has 1 aromatic carbocycles. The molecule has 0 aliphatic carbocycles. The molecule has 0 atom stereocenters. The summed E-state index contributed by atoms with van der Waals surface area (Å²) >= 11 is 0. The zero-order valence-corrected chi connectivity index (χ0v) is 16.2. The zero-order chi connectivity index (χ0) is 19.8. The quantitative estimate of drug-likeness (QED) is 0.511. The number of nitrogens with one attached hydrogen (secondary N) is 1. The molecule has 3 heterocycles. The molecule has 142 valence electrons. The number of amides is 1. The van der Waals surface area contributed by atoms with Gasteiger partial charge in [-0.05, 0) is 49.1 Å². The van der Waals surface area contributed by atoms with Crippen molar-refractivity contribution >= 4 is 22.7 Å². The minimum atomic E-state index is -0.234. The van der Waals surface area contributed by atoms with E-state index in [0.29, 0.717) is 33.8 Å². The number of carbonyl (C=O) groups is 1. The normalized spacial score (nSPS) is 11.3. The molecule has 4 aromatic rings. The largest absolute Gasteiger partial charge is 0.463 e. The predicted molar refractivity (Wildman–Crippen MR) is 107 cm³/mol. The molecule has 0 fully saturated rings. The van der Waals surface area contributed by atoms with E-state index in [1.54, 1.807) is 31.4 Å². The molecule has 1 N–H and O–H groups in total. The van der Waals surface area contributed by atoms with Gasteiger partial charge < -0.3 is 14.3 Å². The lowest BCUT2D eigenvalue weighted by Crippen LogP contribution is -2.15. The Morgan fingerprint density at radius 3 is 2.68 bits per heavy atom. The first-order valence-electron chi connectivity index (χ1n) is 9.17. The molecule has 0 saturated heterocycles. The fourth-order valence-electron chi connectivity index (χ4n) is 3.35. The van der Waals surface area contributed by atoms with Crippen LogP contribution in [0, 0.1) is 13.8 Å². The Labute approximate surface area is 162 Å². The third-order valence-electron chi connectivity index (χ3n) is 4.80. The summed E-state index contributed by atoms with van der Waals surface area (Å²) in [6.07, 6.45) is 1.56. The number of hydrogen-bond acceptors (Lipinski definition) is 5. The van der Waals surface area contributed by atoms with Gasteiger partial charge in [-0.15, -0.1) is 0 Å². The highest BCUT2D eigenvalue weighted by atomic mass is 16.5. The van der Waals surface area contributed by atoms with E-state index in [4.69, 9.17) is 8.94 Å². The van der Waals surface area contributed by atoms with Gasteiger partial charge in [-0.3, -0.25) is 4.79 Å². The van der Waals surface area contributed by atoms with Crippen molar-refractivity contribution in [3.63, 3.8) is 0 Å². The predicted octanol–water partition coefficient (Wildman–Crippen LogP) is 5.48. The highest BCUT2D eigenvalue weighted by Crippen LogP contribution is 2.31. The Hall–Kier alpha value is -3.41. The summed E-state index contributed by atoms with van der Waals surface area (Å²) in [4.78, 5) is 17.7. The van der Waals surface area contributed by atoms with Crippen LogP contribution < -0.4 is 5.32 Å². The van der Waals surface area contributed by atoms with E-state index in [1.165, 1.54) is 0 Å². The van der Waals surface area contributed by atoms with Crippen LogP contribution in [0.5, 0.6) is 0 Å². The van der Waals surface area contributed by atoms with Crippen LogP contribution >= 0.6 is 0 Å². The number of rotatable bonds is 4. The van der Waals surface area contributed by atoms with Crippen molar-refractivity contribution in [2.75, 3.05) is 5.32 Å². The molecule has 3 aromatic heterocycles. The van der Waals surface area contributed by atoms with Crippen LogP contribution in [-0.4, -0.2) is 16.0 Å². The van der Waals surface area contributed by atoms with E-state index in [9.17, 15) is 4.79 Å². The van der Waals surface area contributed by atoms with Crippen LogP contribution in [-0.2, 0) is 0 Å². The van der Waals surface area contributed by atoms with Crippen molar-refractivity contribution in [2.24, 2.45) is 0 Å². The van der Waals surface area contributed by atoms with Gasteiger partial charge in [-0.2, -0.15) is 0 Å². The first kappa shape index (κ1) is 18.0. The van der Waals surface area contributed by atoms with Gasteiger partial charge in [-0.1, -0.05) is 37.2 Å². The number of para-hydroxylation sites is 1. The summed E-state index contributed by atoms with van der Waals surface area (Å²) in [6.45, 7) is 8.00. The Balaban J connectivity index is 1.83. The average Bonchev–Trinajstić information content (AvgIpc) is 3.33. The van der Waals surface area contributed by atoms with E-state index in [0.717, 1.165) is 16.8 Å². The first-order valence-corrected chi connectivity index (χ1v) is 9.17. The molecule has 0 aliphatic rings. The average molecular weight is 375 g/mol. The minimum Gasteiger partial charge on any atom is -0.463 e.